The van der Waals surface area contributed by atoms with Gasteiger partial charge in [0.1, 0.15) is 0 Å². The Morgan fingerprint density at radius 1 is 1.37 bits per heavy atom. The van der Waals surface area contributed by atoms with E-state index in [1.54, 1.807) is 0 Å². The quantitative estimate of drug-likeness (QED) is 0.898. The molecule has 2 saturated carbocycles. The summed E-state index contributed by atoms with van der Waals surface area (Å²) in [4.78, 5) is 12.1. The van der Waals surface area contributed by atoms with Crippen molar-refractivity contribution >= 4 is 17.5 Å². The Labute approximate surface area is 119 Å². The summed E-state index contributed by atoms with van der Waals surface area (Å²) in [5.74, 6) is 2.24. The molecule has 3 heteroatoms. The fraction of sp³-hybridized carbons (Fsp3) is 0.562. The Balaban J connectivity index is 1.50. The molecule has 0 heterocycles. The van der Waals surface area contributed by atoms with E-state index in [1.165, 1.54) is 12.0 Å². The van der Waals surface area contributed by atoms with Crippen LogP contribution in [-0.2, 0) is 11.2 Å². The van der Waals surface area contributed by atoms with E-state index in [-0.39, 0.29) is 17.9 Å². The standard InChI is InChI=1S/C16H20ClNO/c1-10(5-11-3-2-4-15(17)6-11)18-16(19)14-8-12-7-13(12)9-14/h2-4,6,10,12-14H,5,7-9H2,1H3,(H,18,19). The van der Waals surface area contributed by atoms with E-state index in [4.69, 9.17) is 11.6 Å². The topological polar surface area (TPSA) is 29.1 Å². The largest absolute Gasteiger partial charge is 0.353 e. The van der Waals surface area contributed by atoms with Crippen LogP contribution < -0.4 is 5.32 Å². The molecule has 0 aromatic heterocycles. The van der Waals surface area contributed by atoms with E-state index in [2.05, 4.69) is 18.3 Å². The zero-order valence-electron chi connectivity index (χ0n) is 11.2. The van der Waals surface area contributed by atoms with Gasteiger partial charge in [-0.1, -0.05) is 23.7 Å². The molecule has 1 aromatic carbocycles. The molecule has 102 valence electrons. The number of carbonyl (C=O) groups excluding carboxylic acids is 1. The summed E-state index contributed by atoms with van der Waals surface area (Å²) in [5, 5.41) is 3.91. The van der Waals surface area contributed by atoms with Crippen LogP contribution in [0, 0.1) is 17.8 Å². The molecule has 0 aliphatic heterocycles. The van der Waals surface area contributed by atoms with Crippen molar-refractivity contribution in [1.29, 1.82) is 0 Å². The first-order valence-corrected chi connectivity index (χ1v) is 7.54. The number of halogens is 1. The van der Waals surface area contributed by atoms with Crippen LogP contribution in [0.25, 0.3) is 0 Å². The van der Waals surface area contributed by atoms with E-state index in [9.17, 15) is 4.79 Å². The van der Waals surface area contributed by atoms with Crippen molar-refractivity contribution in [2.75, 3.05) is 0 Å². The van der Waals surface area contributed by atoms with E-state index in [0.717, 1.165) is 36.1 Å². The molecule has 1 N–H and O–H groups in total. The molecule has 1 amide bonds. The van der Waals surface area contributed by atoms with Gasteiger partial charge in [0.05, 0.1) is 0 Å². The second kappa shape index (κ2) is 5.16. The maximum Gasteiger partial charge on any atom is 0.223 e. The zero-order chi connectivity index (χ0) is 13.4. The van der Waals surface area contributed by atoms with Gasteiger partial charge in [0, 0.05) is 17.0 Å². The number of hydrogen-bond acceptors (Lipinski definition) is 1. The van der Waals surface area contributed by atoms with Crippen LogP contribution in [0.15, 0.2) is 24.3 Å². The third-order valence-corrected chi connectivity index (χ3v) is 4.67. The molecule has 2 nitrogen and oxygen atoms in total. The Hall–Kier alpha value is -1.02. The maximum atomic E-state index is 12.1. The minimum absolute atomic E-state index is 0.169. The Kier molecular flexibility index (Phi) is 3.53. The lowest BCUT2D eigenvalue weighted by Gasteiger charge is -2.18. The number of fused-ring (bicyclic) bond motifs is 1. The van der Waals surface area contributed by atoms with Crippen molar-refractivity contribution in [3.63, 3.8) is 0 Å². The predicted molar refractivity (Wildman–Crippen MR) is 77.1 cm³/mol. The normalized spacial score (nSPS) is 29.7. The number of carbonyl (C=O) groups is 1. The summed E-state index contributed by atoms with van der Waals surface area (Å²) in [5.41, 5.74) is 1.18. The number of rotatable bonds is 4. The van der Waals surface area contributed by atoms with Crippen LogP contribution in [-0.4, -0.2) is 11.9 Å². The summed E-state index contributed by atoms with van der Waals surface area (Å²) >= 11 is 5.97. The van der Waals surface area contributed by atoms with E-state index in [0.29, 0.717) is 0 Å². The fourth-order valence-electron chi connectivity index (χ4n) is 3.36. The monoisotopic (exact) mass is 277 g/mol. The highest BCUT2D eigenvalue weighted by Crippen LogP contribution is 2.54. The average molecular weight is 278 g/mol. The van der Waals surface area contributed by atoms with Crippen LogP contribution in [0.2, 0.25) is 5.02 Å². The molecule has 1 aromatic rings. The first-order chi connectivity index (χ1) is 9.11. The first-order valence-electron chi connectivity index (χ1n) is 7.16. The summed E-state index contributed by atoms with van der Waals surface area (Å²) in [6.07, 6.45) is 4.43. The first kappa shape index (κ1) is 13.0. The summed E-state index contributed by atoms with van der Waals surface area (Å²) < 4.78 is 0. The van der Waals surface area contributed by atoms with Gasteiger partial charge < -0.3 is 5.32 Å². The Morgan fingerprint density at radius 3 is 2.79 bits per heavy atom. The van der Waals surface area contributed by atoms with Gasteiger partial charge in [0.2, 0.25) is 5.91 Å². The highest BCUT2D eigenvalue weighted by atomic mass is 35.5. The van der Waals surface area contributed by atoms with Gasteiger partial charge in [-0.05, 0) is 62.1 Å². The molecule has 2 aliphatic carbocycles. The van der Waals surface area contributed by atoms with Crippen molar-refractivity contribution < 1.29 is 4.79 Å². The highest BCUT2D eigenvalue weighted by molar-refractivity contribution is 6.30. The minimum Gasteiger partial charge on any atom is -0.353 e. The predicted octanol–water partition coefficient (Wildman–Crippen LogP) is 3.43. The summed E-state index contributed by atoms with van der Waals surface area (Å²) in [6, 6.07) is 8.02. The number of benzene rings is 1. The lowest BCUT2D eigenvalue weighted by Crippen LogP contribution is -2.38. The van der Waals surface area contributed by atoms with E-state index >= 15 is 0 Å². The third-order valence-electron chi connectivity index (χ3n) is 4.43. The van der Waals surface area contributed by atoms with Gasteiger partial charge >= 0.3 is 0 Å². The number of hydrogen-bond donors (Lipinski definition) is 1. The van der Waals surface area contributed by atoms with Crippen LogP contribution >= 0.6 is 11.6 Å². The van der Waals surface area contributed by atoms with Crippen molar-refractivity contribution in [2.45, 2.75) is 38.6 Å². The molecule has 0 spiro atoms. The fourth-order valence-corrected chi connectivity index (χ4v) is 3.57. The van der Waals surface area contributed by atoms with Crippen molar-refractivity contribution in [2.24, 2.45) is 17.8 Å². The molecule has 3 atom stereocenters. The second-order valence-corrected chi connectivity index (χ2v) is 6.60. The van der Waals surface area contributed by atoms with Gasteiger partial charge in [0.15, 0.2) is 0 Å². The lowest BCUT2D eigenvalue weighted by atomic mass is 10.0. The lowest BCUT2D eigenvalue weighted by molar-refractivity contribution is -0.125. The van der Waals surface area contributed by atoms with E-state index in [1.807, 2.05) is 18.2 Å². The SMILES string of the molecule is CC(Cc1cccc(Cl)c1)NC(=O)C1CC2CC2C1. The number of nitrogens with one attached hydrogen (secondary N) is 1. The van der Waals surface area contributed by atoms with Crippen molar-refractivity contribution in [3.8, 4) is 0 Å². The van der Waals surface area contributed by atoms with Gasteiger partial charge in [0.25, 0.3) is 0 Å². The molecular weight excluding hydrogens is 258 g/mol. The molecule has 2 aliphatic rings. The van der Waals surface area contributed by atoms with Gasteiger partial charge in [-0.3, -0.25) is 4.79 Å². The Morgan fingerprint density at radius 2 is 2.11 bits per heavy atom. The molecule has 3 unspecified atom stereocenters. The molecule has 3 rings (SSSR count). The van der Waals surface area contributed by atoms with Crippen LogP contribution in [0.5, 0.6) is 0 Å². The summed E-state index contributed by atoms with van der Waals surface area (Å²) in [6.45, 7) is 2.06. The van der Waals surface area contributed by atoms with Crippen molar-refractivity contribution in [1.82, 2.24) is 5.32 Å². The smallest absolute Gasteiger partial charge is 0.223 e. The minimum atomic E-state index is 0.169. The second-order valence-electron chi connectivity index (χ2n) is 6.17. The van der Waals surface area contributed by atoms with Crippen molar-refractivity contribution in [3.05, 3.63) is 34.9 Å². The Bertz CT molecular complexity index is 477. The van der Waals surface area contributed by atoms with Crippen LogP contribution in [0.4, 0.5) is 0 Å². The zero-order valence-corrected chi connectivity index (χ0v) is 12.0. The van der Waals surface area contributed by atoms with E-state index < -0.39 is 0 Å². The number of amides is 1. The molecule has 2 fully saturated rings. The van der Waals surface area contributed by atoms with Gasteiger partial charge in [-0.2, -0.15) is 0 Å². The van der Waals surface area contributed by atoms with Gasteiger partial charge in [-0.25, -0.2) is 0 Å². The summed E-state index contributed by atoms with van der Waals surface area (Å²) in [7, 11) is 0. The maximum absolute atomic E-state index is 12.1. The van der Waals surface area contributed by atoms with Gasteiger partial charge in [-0.15, -0.1) is 0 Å². The van der Waals surface area contributed by atoms with Crippen LogP contribution in [0.3, 0.4) is 0 Å². The third kappa shape index (κ3) is 3.11. The molecule has 19 heavy (non-hydrogen) atoms. The molecule has 0 radical (unpaired) electrons. The van der Waals surface area contributed by atoms with Crippen LogP contribution in [0.1, 0.15) is 31.7 Å². The molecule has 0 bridgehead atoms. The molecule has 0 saturated heterocycles. The highest BCUT2D eigenvalue weighted by Gasteiger charge is 2.48. The average Bonchev–Trinajstić information content (AvgIpc) is 2.95. The molecular formula is C16H20ClNO.